The lowest BCUT2D eigenvalue weighted by molar-refractivity contribution is 0.102. The molecule has 1 heterocycles. The quantitative estimate of drug-likeness (QED) is 0.715. The van der Waals surface area contributed by atoms with E-state index >= 15 is 0 Å². The maximum Gasteiger partial charge on any atom is 0.192 e. The molecule has 0 bridgehead atoms. The van der Waals surface area contributed by atoms with Crippen LogP contribution in [0.3, 0.4) is 0 Å². The number of ketones is 1. The largest absolute Gasteiger partial charge is 0.289 e. The zero-order valence-electron chi connectivity index (χ0n) is 10.2. The summed E-state index contributed by atoms with van der Waals surface area (Å²) < 4.78 is 1.78. The van der Waals surface area contributed by atoms with Gasteiger partial charge in [0.15, 0.2) is 5.78 Å². The fourth-order valence-electron chi connectivity index (χ4n) is 2.31. The average molecular weight is 218 g/mol. The van der Waals surface area contributed by atoms with Gasteiger partial charge >= 0.3 is 0 Å². The maximum atomic E-state index is 12.3. The van der Waals surface area contributed by atoms with Crippen LogP contribution in [0.5, 0.6) is 0 Å². The first-order chi connectivity index (χ1) is 7.61. The fraction of sp³-hybridized carbons (Fsp3) is 0.538. The van der Waals surface area contributed by atoms with Gasteiger partial charge < -0.3 is 0 Å². The van der Waals surface area contributed by atoms with E-state index in [0.29, 0.717) is 0 Å². The van der Waals surface area contributed by atoms with Crippen molar-refractivity contribution in [2.75, 3.05) is 0 Å². The SMILES string of the molecule is Cc1nn(C)c(C)c1C(=O)C1=CCCCC1. The van der Waals surface area contributed by atoms with Gasteiger partial charge in [-0.15, -0.1) is 0 Å². The van der Waals surface area contributed by atoms with E-state index in [9.17, 15) is 4.79 Å². The van der Waals surface area contributed by atoms with Crippen molar-refractivity contribution in [3.05, 3.63) is 28.6 Å². The number of aryl methyl sites for hydroxylation is 2. The Hall–Kier alpha value is -1.38. The van der Waals surface area contributed by atoms with Gasteiger partial charge in [-0.2, -0.15) is 5.10 Å². The van der Waals surface area contributed by atoms with E-state index in [0.717, 1.165) is 41.8 Å². The third-order valence-corrected chi connectivity index (χ3v) is 3.32. The molecule has 1 aromatic heterocycles. The molecule has 0 spiro atoms. The van der Waals surface area contributed by atoms with Gasteiger partial charge in [-0.05, 0) is 45.1 Å². The predicted octanol–water partition coefficient (Wildman–Crippen LogP) is 2.72. The molecule has 0 radical (unpaired) electrons. The second-order valence-corrected chi connectivity index (χ2v) is 4.47. The normalized spacial score (nSPS) is 16.1. The van der Waals surface area contributed by atoms with Gasteiger partial charge in [0.1, 0.15) is 0 Å². The molecule has 0 N–H and O–H groups in total. The molecule has 3 heteroatoms. The molecule has 1 aliphatic rings. The Kier molecular flexibility index (Phi) is 2.95. The minimum atomic E-state index is 0.183. The monoisotopic (exact) mass is 218 g/mol. The summed E-state index contributed by atoms with van der Waals surface area (Å²) in [6.07, 6.45) is 6.40. The van der Waals surface area contributed by atoms with Crippen LogP contribution in [0.4, 0.5) is 0 Å². The van der Waals surface area contributed by atoms with Crippen LogP contribution in [-0.4, -0.2) is 15.6 Å². The lowest BCUT2D eigenvalue weighted by Gasteiger charge is -2.11. The number of hydrogen-bond donors (Lipinski definition) is 0. The molecule has 16 heavy (non-hydrogen) atoms. The number of aromatic nitrogens is 2. The van der Waals surface area contributed by atoms with Crippen molar-refractivity contribution < 1.29 is 4.79 Å². The van der Waals surface area contributed by atoms with Gasteiger partial charge in [-0.25, -0.2) is 0 Å². The van der Waals surface area contributed by atoms with Crippen molar-refractivity contribution >= 4 is 5.78 Å². The van der Waals surface area contributed by atoms with E-state index in [1.165, 1.54) is 6.42 Å². The Labute approximate surface area is 96.2 Å². The Morgan fingerprint density at radius 2 is 2.12 bits per heavy atom. The molecular weight excluding hydrogens is 200 g/mol. The predicted molar refractivity (Wildman–Crippen MR) is 63.6 cm³/mol. The van der Waals surface area contributed by atoms with Crippen molar-refractivity contribution in [1.82, 2.24) is 9.78 Å². The second kappa shape index (κ2) is 4.24. The number of allylic oxidation sites excluding steroid dienone is 2. The Morgan fingerprint density at radius 3 is 2.62 bits per heavy atom. The number of carbonyl (C=O) groups is 1. The van der Waals surface area contributed by atoms with Crippen LogP contribution >= 0.6 is 0 Å². The zero-order chi connectivity index (χ0) is 11.7. The lowest BCUT2D eigenvalue weighted by atomic mass is 9.92. The third-order valence-electron chi connectivity index (χ3n) is 3.32. The Morgan fingerprint density at radius 1 is 1.38 bits per heavy atom. The van der Waals surface area contributed by atoms with Crippen molar-refractivity contribution in [3.63, 3.8) is 0 Å². The second-order valence-electron chi connectivity index (χ2n) is 4.47. The molecule has 0 aromatic carbocycles. The standard InChI is InChI=1S/C13H18N2O/c1-9-12(10(2)15(3)14-9)13(16)11-7-5-4-6-8-11/h7H,4-6,8H2,1-3H3. The van der Waals surface area contributed by atoms with Gasteiger partial charge in [0.2, 0.25) is 0 Å². The van der Waals surface area contributed by atoms with Crippen LogP contribution in [0.2, 0.25) is 0 Å². The highest BCUT2D eigenvalue weighted by molar-refractivity contribution is 6.10. The first-order valence-electron chi connectivity index (χ1n) is 5.85. The summed E-state index contributed by atoms with van der Waals surface area (Å²) in [6, 6.07) is 0. The van der Waals surface area contributed by atoms with Gasteiger partial charge in [0.05, 0.1) is 11.3 Å². The maximum absolute atomic E-state index is 12.3. The Bertz CT molecular complexity index is 455. The van der Waals surface area contributed by atoms with Gasteiger partial charge in [0, 0.05) is 12.7 Å². The zero-order valence-corrected chi connectivity index (χ0v) is 10.2. The first kappa shape index (κ1) is 11.1. The van der Waals surface area contributed by atoms with E-state index < -0.39 is 0 Å². The van der Waals surface area contributed by atoms with E-state index in [4.69, 9.17) is 0 Å². The summed E-state index contributed by atoms with van der Waals surface area (Å²) in [5, 5.41) is 4.30. The smallest absolute Gasteiger partial charge is 0.192 e. The molecular formula is C13H18N2O. The summed E-state index contributed by atoms with van der Waals surface area (Å²) in [6.45, 7) is 3.86. The van der Waals surface area contributed by atoms with Crippen LogP contribution < -0.4 is 0 Å². The minimum Gasteiger partial charge on any atom is -0.289 e. The summed E-state index contributed by atoms with van der Waals surface area (Å²) in [5.74, 6) is 0.183. The molecule has 0 atom stereocenters. The van der Waals surface area contributed by atoms with Gasteiger partial charge in [0.25, 0.3) is 0 Å². The number of nitrogens with zero attached hydrogens (tertiary/aromatic N) is 2. The van der Waals surface area contributed by atoms with E-state index in [-0.39, 0.29) is 5.78 Å². The summed E-state index contributed by atoms with van der Waals surface area (Å²) >= 11 is 0. The first-order valence-corrected chi connectivity index (χ1v) is 5.85. The molecule has 1 aromatic rings. The summed E-state index contributed by atoms with van der Waals surface area (Å²) in [4.78, 5) is 12.3. The van der Waals surface area contributed by atoms with Crippen molar-refractivity contribution in [2.45, 2.75) is 39.5 Å². The average Bonchev–Trinajstić information content (AvgIpc) is 2.54. The molecule has 0 fully saturated rings. The van der Waals surface area contributed by atoms with Crippen molar-refractivity contribution in [1.29, 1.82) is 0 Å². The van der Waals surface area contributed by atoms with Crippen LogP contribution in [0.15, 0.2) is 11.6 Å². The molecule has 1 aliphatic carbocycles. The number of carbonyl (C=O) groups excluding carboxylic acids is 1. The van der Waals surface area contributed by atoms with Crippen LogP contribution in [-0.2, 0) is 7.05 Å². The van der Waals surface area contributed by atoms with Crippen molar-refractivity contribution in [2.24, 2.45) is 7.05 Å². The van der Waals surface area contributed by atoms with Gasteiger partial charge in [-0.3, -0.25) is 9.48 Å². The number of hydrogen-bond acceptors (Lipinski definition) is 2. The molecule has 0 aliphatic heterocycles. The molecule has 3 nitrogen and oxygen atoms in total. The van der Waals surface area contributed by atoms with E-state index in [1.807, 2.05) is 20.9 Å². The third kappa shape index (κ3) is 1.82. The minimum absolute atomic E-state index is 0.183. The Balaban J connectivity index is 2.37. The molecule has 0 amide bonds. The highest BCUT2D eigenvalue weighted by Crippen LogP contribution is 2.24. The number of rotatable bonds is 2. The van der Waals surface area contributed by atoms with Crippen LogP contribution in [0, 0.1) is 13.8 Å². The van der Waals surface area contributed by atoms with Crippen molar-refractivity contribution in [3.8, 4) is 0 Å². The number of Topliss-reactive ketones (excluding diaryl/α,β-unsaturated/α-hetero) is 1. The molecule has 86 valence electrons. The topological polar surface area (TPSA) is 34.9 Å². The van der Waals surface area contributed by atoms with Gasteiger partial charge in [-0.1, -0.05) is 6.08 Å². The summed E-state index contributed by atoms with van der Waals surface area (Å²) in [5.41, 5.74) is 3.59. The highest BCUT2D eigenvalue weighted by atomic mass is 16.1. The van der Waals surface area contributed by atoms with Crippen LogP contribution in [0.25, 0.3) is 0 Å². The van der Waals surface area contributed by atoms with Crippen LogP contribution in [0.1, 0.15) is 47.4 Å². The fourth-order valence-corrected chi connectivity index (χ4v) is 2.31. The van der Waals surface area contributed by atoms with E-state index in [2.05, 4.69) is 11.2 Å². The molecule has 0 saturated carbocycles. The molecule has 0 unspecified atom stereocenters. The summed E-state index contributed by atoms with van der Waals surface area (Å²) in [7, 11) is 1.88. The lowest BCUT2D eigenvalue weighted by Crippen LogP contribution is -2.08. The highest BCUT2D eigenvalue weighted by Gasteiger charge is 2.21. The van der Waals surface area contributed by atoms with E-state index in [1.54, 1.807) is 4.68 Å². The molecule has 0 saturated heterocycles. The molecule has 2 rings (SSSR count).